The Morgan fingerprint density at radius 3 is 2.70 bits per heavy atom. The van der Waals surface area contributed by atoms with Crippen LogP contribution in [0.3, 0.4) is 0 Å². The minimum Gasteiger partial charge on any atom is -0.439 e. The van der Waals surface area contributed by atoms with Gasteiger partial charge in [-0.25, -0.2) is 4.68 Å². The van der Waals surface area contributed by atoms with Crippen molar-refractivity contribution in [3.63, 3.8) is 0 Å². The van der Waals surface area contributed by atoms with E-state index in [-0.39, 0.29) is 6.04 Å². The summed E-state index contributed by atoms with van der Waals surface area (Å²) in [5.41, 5.74) is 8.90. The number of nitrogens with zero attached hydrogens (tertiary/aromatic N) is 2. The maximum atomic E-state index is 6.03. The van der Waals surface area contributed by atoms with Crippen LogP contribution >= 0.6 is 11.6 Å². The SMILES string of the molecule is Cc1cc(Cl)ccc1Oc1c(CC(C)N)c(C)nn1C. The molecule has 0 bridgehead atoms. The number of nitrogens with two attached hydrogens (primary N) is 1. The molecule has 0 spiro atoms. The maximum absolute atomic E-state index is 6.03. The zero-order valence-corrected chi connectivity index (χ0v) is 13.0. The predicted octanol–water partition coefficient (Wildman–Crippen LogP) is 3.37. The predicted molar refractivity (Wildman–Crippen MR) is 81.6 cm³/mol. The lowest BCUT2D eigenvalue weighted by Gasteiger charge is -2.12. The number of aryl methyl sites for hydroxylation is 3. The van der Waals surface area contributed by atoms with Gasteiger partial charge in [-0.05, 0) is 51.0 Å². The normalized spacial score (nSPS) is 12.5. The van der Waals surface area contributed by atoms with Gasteiger partial charge in [-0.2, -0.15) is 5.10 Å². The number of benzene rings is 1. The number of rotatable bonds is 4. The lowest BCUT2D eigenvalue weighted by molar-refractivity contribution is 0.422. The smallest absolute Gasteiger partial charge is 0.221 e. The summed E-state index contributed by atoms with van der Waals surface area (Å²) >= 11 is 5.97. The number of halogens is 1. The summed E-state index contributed by atoms with van der Waals surface area (Å²) in [7, 11) is 1.87. The van der Waals surface area contributed by atoms with Crippen LogP contribution in [0.2, 0.25) is 5.02 Å². The first-order valence-corrected chi connectivity index (χ1v) is 6.98. The van der Waals surface area contributed by atoms with Crippen LogP contribution in [0.1, 0.15) is 23.7 Å². The van der Waals surface area contributed by atoms with Gasteiger partial charge in [0.25, 0.3) is 0 Å². The Morgan fingerprint density at radius 2 is 2.10 bits per heavy atom. The van der Waals surface area contributed by atoms with E-state index in [1.165, 1.54) is 0 Å². The molecule has 108 valence electrons. The van der Waals surface area contributed by atoms with Gasteiger partial charge in [0.1, 0.15) is 5.75 Å². The molecule has 1 aromatic carbocycles. The van der Waals surface area contributed by atoms with Crippen LogP contribution in [0.4, 0.5) is 0 Å². The number of hydrogen-bond donors (Lipinski definition) is 1. The molecule has 20 heavy (non-hydrogen) atoms. The van der Waals surface area contributed by atoms with E-state index in [2.05, 4.69) is 5.10 Å². The fourth-order valence-electron chi connectivity index (χ4n) is 2.20. The molecule has 0 aliphatic heterocycles. The highest BCUT2D eigenvalue weighted by atomic mass is 35.5. The van der Waals surface area contributed by atoms with Crippen molar-refractivity contribution in [3.8, 4) is 11.6 Å². The highest BCUT2D eigenvalue weighted by molar-refractivity contribution is 6.30. The van der Waals surface area contributed by atoms with E-state index in [0.29, 0.717) is 5.02 Å². The van der Waals surface area contributed by atoms with E-state index < -0.39 is 0 Å². The van der Waals surface area contributed by atoms with Crippen LogP contribution in [-0.4, -0.2) is 15.8 Å². The summed E-state index contributed by atoms with van der Waals surface area (Å²) in [5.74, 6) is 1.52. The number of ether oxygens (including phenoxy) is 1. The largest absolute Gasteiger partial charge is 0.439 e. The molecule has 1 unspecified atom stereocenters. The van der Waals surface area contributed by atoms with E-state index in [4.69, 9.17) is 22.1 Å². The van der Waals surface area contributed by atoms with Gasteiger partial charge in [-0.15, -0.1) is 0 Å². The van der Waals surface area contributed by atoms with Crippen LogP contribution in [0, 0.1) is 13.8 Å². The second-order valence-electron chi connectivity index (χ2n) is 5.19. The first kappa shape index (κ1) is 14.9. The quantitative estimate of drug-likeness (QED) is 0.940. The van der Waals surface area contributed by atoms with Crippen LogP contribution in [0.15, 0.2) is 18.2 Å². The summed E-state index contributed by atoms with van der Waals surface area (Å²) in [6.07, 6.45) is 0.738. The molecule has 4 nitrogen and oxygen atoms in total. The molecule has 0 aliphatic rings. The summed E-state index contributed by atoms with van der Waals surface area (Å²) in [5, 5.41) is 5.12. The van der Waals surface area contributed by atoms with Gasteiger partial charge in [0.2, 0.25) is 5.88 Å². The molecule has 0 aliphatic carbocycles. The Morgan fingerprint density at radius 1 is 1.40 bits per heavy atom. The molecule has 0 fully saturated rings. The summed E-state index contributed by atoms with van der Waals surface area (Å²) in [6, 6.07) is 5.63. The van der Waals surface area contributed by atoms with Crippen molar-refractivity contribution in [1.29, 1.82) is 0 Å². The van der Waals surface area contributed by atoms with Gasteiger partial charge in [-0.3, -0.25) is 0 Å². The summed E-state index contributed by atoms with van der Waals surface area (Å²) in [4.78, 5) is 0. The van der Waals surface area contributed by atoms with Crippen molar-refractivity contribution in [3.05, 3.63) is 40.0 Å². The molecule has 0 saturated carbocycles. The first-order valence-electron chi connectivity index (χ1n) is 6.60. The van der Waals surface area contributed by atoms with Crippen molar-refractivity contribution in [2.45, 2.75) is 33.2 Å². The van der Waals surface area contributed by atoms with E-state index in [0.717, 1.165) is 34.9 Å². The average Bonchev–Trinajstić information content (AvgIpc) is 2.58. The topological polar surface area (TPSA) is 53.1 Å². The van der Waals surface area contributed by atoms with Crippen LogP contribution < -0.4 is 10.5 Å². The van der Waals surface area contributed by atoms with Gasteiger partial charge in [-0.1, -0.05) is 11.6 Å². The van der Waals surface area contributed by atoms with E-state index >= 15 is 0 Å². The molecule has 2 rings (SSSR count). The first-order chi connectivity index (χ1) is 9.38. The molecule has 0 amide bonds. The molecular formula is C15H20ClN3O. The van der Waals surface area contributed by atoms with Crippen molar-refractivity contribution in [1.82, 2.24) is 9.78 Å². The van der Waals surface area contributed by atoms with Gasteiger partial charge < -0.3 is 10.5 Å². The van der Waals surface area contributed by atoms with Crippen molar-refractivity contribution < 1.29 is 4.74 Å². The standard InChI is InChI=1S/C15H20ClN3O/c1-9-7-12(16)5-6-14(9)20-15-13(8-10(2)17)11(3)18-19(15)4/h5-7,10H,8,17H2,1-4H3. The Kier molecular flexibility index (Phi) is 4.35. The van der Waals surface area contributed by atoms with Crippen molar-refractivity contribution >= 4 is 11.6 Å². The van der Waals surface area contributed by atoms with Crippen molar-refractivity contribution in [2.75, 3.05) is 0 Å². The number of aromatic nitrogens is 2. The zero-order chi connectivity index (χ0) is 14.9. The Labute approximate surface area is 124 Å². The molecule has 1 atom stereocenters. The highest BCUT2D eigenvalue weighted by Gasteiger charge is 2.17. The second-order valence-corrected chi connectivity index (χ2v) is 5.62. The third-order valence-corrected chi connectivity index (χ3v) is 3.39. The monoisotopic (exact) mass is 293 g/mol. The molecule has 2 aromatic rings. The van der Waals surface area contributed by atoms with E-state index in [1.54, 1.807) is 4.68 Å². The molecule has 1 aromatic heterocycles. The molecule has 5 heteroatoms. The summed E-state index contributed by atoms with van der Waals surface area (Å²) < 4.78 is 7.79. The fraction of sp³-hybridized carbons (Fsp3) is 0.400. The zero-order valence-electron chi connectivity index (χ0n) is 12.3. The van der Waals surface area contributed by atoms with Crippen LogP contribution in [0.5, 0.6) is 11.6 Å². The minimum absolute atomic E-state index is 0.0616. The summed E-state index contributed by atoms with van der Waals surface area (Å²) in [6.45, 7) is 5.92. The molecule has 2 N–H and O–H groups in total. The Bertz CT molecular complexity index is 620. The van der Waals surface area contributed by atoms with Crippen molar-refractivity contribution in [2.24, 2.45) is 12.8 Å². The van der Waals surface area contributed by atoms with Gasteiger partial charge in [0.15, 0.2) is 0 Å². The molecular weight excluding hydrogens is 274 g/mol. The third kappa shape index (κ3) is 3.14. The molecule has 1 heterocycles. The van der Waals surface area contributed by atoms with Gasteiger partial charge in [0.05, 0.1) is 5.69 Å². The average molecular weight is 294 g/mol. The number of hydrogen-bond acceptors (Lipinski definition) is 3. The third-order valence-electron chi connectivity index (χ3n) is 3.16. The van der Waals surface area contributed by atoms with Crippen LogP contribution in [-0.2, 0) is 13.5 Å². The fourth-order valence-corrected chi connectivity index (χ4v) is 2.42. The Balaban J connectivity index is 2.37. The van der Waals surface area contributed by atoms with E-state index in [1.807, 2.05) is 46.0 Å². The van der Waals surface area contributed by atoms with Gasteiger partial charge in [0, 0.05) is 23.7 Å². The van der Waals surface area contributed by atoms with Crippen LogP contribution in [0.25, 0.3) is 0 Å². The minimum atomic E-state index is 0.0616. The molecule has 0 saturated heterocycles. The highest BCUT2D eigenvalue weighted by Crippen LogP contribution is 2.31. The lowest BCUT2D eigenvalue weighted by atomic mass is 10.1. The van der Waals surface area contributed by atoms with E-state index in [9.17, 15) is 0 Å². The Hall–Kier alpha value is -1.52. The van der Waals surface area contributed by atoms with Gasteiger partial charge >= 0.3 is 0 Å². The lowest BCUT2D eigenvalue weighted by Crippen LogP contribution is -2.18. The second kappa shape index (κ2) is 5.85. The molecule has 0 radical (unpaired) electrons. The maximum Gasteiger partial charge on any atom is 0.221 e.